The Bertz CT molecular complexity index is 961. The third-order valence-corrected chi connectivity index (χ3v) is 11.8. The van der Waals surface area contributed by atoms with Crippen LogP contribution < -0.4 is 5.32 Å². The minimum absolute atomic E-state index is 0.186. The van der Waals surface area contributed by atoms with Crippen molar-refractivity contribution < 1.29 is 39.8 Å². The number of hydrogen-bond acceptors (Lipinski definition) is 8. The summed E-state index contributed by atoms with van der Waals surface area (Å²) < 4.78 is 11.2. The molecule has 0 radical (unpaired) electrons. The largest absolute Gasteiger partial charge is 0.394 e. The van der Waals surface area contributed by atoms with Crippen LogP contribution in [0.25, 0.3) is 0 Å². The first-order valence-electron chi connectivity index (χ1n) is 24.6. The predicted molar refractivity (Wildman–Crippen MR) is 240 cm³/mol. The lowest BCUT2D eigenvalue weighted by Crippen LogP contribution is -2.60. The van der Waals surface area contributed by atoms with Crippen molar-refractivity contribution in [3.05, 3.63) is 24.3 Å². The Morgan fingerprint density at radius 1 is 0.569 bits per heavy atom. The maximum absolute atomic E-state index is 12.9. The molecule has 0 aliphatic carbocycles. The van der Waals surface area contributed by atoms with E-state index in [1.54, 1.807) is 6.08 Å². The van der Waals surface area contributed by atoms with Crippen molar-refractivity contribution in [2.24, 2.45) is 0 Å². The molecule has 0 aromatic heterocycles. The summed E-state index contributed by atoms with van der Waals surface area (Å²) in [6, 6.07) is -0.806. The van der Waals surface area contributed by atoms with Crippen LogP contribution >= 0.6 is 0 Å². The van der Waals surface area contributed by atoms with E-state index in [0.29, 0.717) is 6.42 Å². The van der Waals surface area contributed by atoms with Gasteiger partial charge < -0.3 is 40.3 Å². The van der Waals surface area contributed by atoms with Crippen LogP contribution in [0.3, 0.4) is 0 Å². The number of allylic oxidation sites excluding steroid dienone is 3. The number of ether oxygens (including phenoxy) is 2. The zero-order valence-electron chi connectivity index (χ0n) is 37.6. The molecule has 58 heavy (non-hydrogen) atoms. The SMILES string of the molecule is CCCCC/C=C\CCCCCCCC(=O)NC(COC1OC(CO)C(O)C(O)C1O)C(O)/C=C/CCCCCCCCCCCCCCCCCCCCCCC. The minimum Gasteiger partial charge on any atom is -0.394 e. The highest BCUT2D eigenvalue weighted by Gasteiger charge is 2.44. The molecule has 7 unspecified atom stereocenters. The van der Waals surface area contributed by atoms with Gasteiger partial charge in [-0.1, -0.05) is 199 Å². The fourth-order valence-electron chi connectivity index (χ4n) is 7.80. The van der Waals surface area contributed by atoms with Crippen LogP contribution in [0.5, 0.6) is 0 Å². The van der Waals surface area contributed by atoms with E-state index in [1.165, 1.54) is 148 Å². The van der Waals surface area contributed by atoms with Gasteiger partial charge in [-0.25, -0.2) is 0 Å². The zero-order valence-corrected chi connectivity index (χ0v) is 37.6. The predicted octanol–water partition coefficient (Wildman–Crippen LogP) is 10.7. The summed E-state index contributed by atoms with van der Waals surface area (Å²) in [5, 5.41) is 54.2. The van der Waals surface area contributed by atoms with Crippen LogP contribution in [0.2, 0.25) is 0 Å². The molecular formula is C49H93NO8. The molecule has 9 nitrogen and oxygen atoms in total. The van der Waals surface area contributed by atoms with Gasteiger partial charge in [0.05, 0.1) is 25.4 Å². The number of aliphatic hydroxyl groups is 5. The highest BCUT2D eigenvalue weighted by Crippen LogP contribution is 2.23. The lowest BCUT2D eigenvalue weighted by Gasteiger charge is -2.40. The first-order valence-corrected chi connectivity index (χ1v) is 24.6. The van der Waals surface area contributed by atoms with Gasteiger partial charge in [0.2, 0.25) is 5.91 Å². The van der Waals surface area contributed by atoms with Gasteiger partial charge >= 0.3 is 0 Å². The van der Waals surface area contributed by atoms with Gasteiger partial charge in [-0.2, -0.15) is 0 Å². The van der Waals surface area contributed by atoms with E-state index in [2.05, 4.69) is 31.3 Å². The number of nitrogens with one attached hydrogen (secondary N) is 1. The van der Waals surface area contributed by atoms with E-state index < -0.39 is 49.5 Å². The van der Waals surface area contributed by atoms with Crippen molar-refractivity contribution in [2.75, 3.05) is 13.2 Å². The van der Waals surface area contributed by atoms with Crippen molar-refractivity contribution in [3.63, 3.8) is 0 Å². The molecule has 1 aliphatic heterocycles. The molecule has 1 heterocycles. The zero-order chi connectivity index (χ0) is 42.3. The first-order chi connectivity index (χ1) is 28.3. The topological polar surface area (TPSA) is 149 Å². The molecule has 1 fully saturated rings. The minimum atomic E-state index is -1.57. The Morgan fingerprint density at radius 3 is 1.43 bits per heavy atom. The standard InChI is InChI=1S/C49H93NO8/c1-3-5-7-9-11-13-15-17-18-19-20-21-22-23-24-25-26-27-28-30-32-34-36-38-43(52)42(41-57-49-48(56)47(55)46(54)44(40-51)58-49)50-45(53)39-37-35-33-31-29-16-14-12-10-8-6-4-2/h12,14,36,38,42-44,46-49,51-52,54-56H,3-11,13,15-35,37,39-41H2,1-2H3,(H,50,53)/b14-12-,38-36+. The molecule has 6 N–H and O–H groups in total. The fraction of sp³-hybridized carbons (Fsp3) is 0.898. The van der Waals surface area contributed by atoms with Crippen molar-refractivity contribution in [1.29, 1.82) is 0 Å². The highest BCUT2D eigenvalue weighted by molar-refractivity contribution is 5.76. The smallest absolute Gasteiger partial charge is 0.220 e. The van der Waals surface area contributed by atoms with Crippen LogP contribution in [-0.2, 0) is 14.3 Å². The van der Waals surface area contributed by atoms with Crippen LogP contribution in [0.1, 0.15) is 226 Å². The number of aliphatic hydroxyl groups excluding tert-OH is 5. The first kappa shape index (κ1) is 54.7. The molecule has 0 saturated carbocycles. The second-order valence-electron chi connectivity index (χ2n) is 17.3. The lowest BCUT2D eigenvalue weighted by molar-refractivity contribution is -0.302. The summed E-state index contributed by atoms with van der Waals surface area (Å²) >= 11 is 0. The Morgan fingerprint density at radius 2 is 0.966 bits per heavy atom. The molecule has 1 aliphatic rings. The van der Waals surface area contributed by atoms with Crippen molar-refractivity contribution >= 4 is 5.91 Å². The molecule has 7 atom stereocenters. The molecule has 0 aromatic rings. The second-order valence-corrected chi connectivity index (χ2v) is 17.3. The van der Waals surface area contributed by atoms with Crippen molar-refractivity contribution in [3.8, 4) is 0 Å². The van der Waals surface area contributed by atoms with E-state index in [-0.39, 0.29) is 12.5 Å². The number of hydrogen-bond donors (Lipinski definition) is 6. The third kappa shape index (κ3) is 29.8. The summed E-state index contributed by atoms with van der Waals surface area (Å²) in [6.45, 7) is 3.75. The molecule has 0 spiro atoms. The molecule has 1 amide bonds. The van der Waals surface area contributed by atoms with Crippen LogP contribution in [0, 0.1) is 0 Å². The molecular weight excluding hydrogens is 731 g/mol. The average molecular weight is 824 g/mol. The summed E-state index contributed by atoms with van der Waals surface area (Å²) in [7, 11) is 0. The third-order valence-electron chi connectivity index (χ3n) is 11.8. The van der Waals surface area contributed by atoms with Crippen molar-refractivity contribution in [1.82, 2.24) is 5.32 Å². The van der Waals surface area contributed by atoms with Crippen LogP contribution in [0.4, 0.5) is 0 Å². The quantitative estimate of drug-likeness (QED) is 0.0264. The van der Waals surface area contributed by atoms with E-state index in [1.807, 2.05) is 6.08 Å². The summed E-state index contributed by atoms with van der Waals surface area (Å²) in [6.07, 6.45) is 40.9. The van der Waals surface area contributed by atoms with E-state index in [4.69, 9.17) is 9.47 Å². The van der Waals surface area contributed by atoms with Crippen molar-refractivity contribution in [2.45, 2.75) is 269 Å². The van der Waals surface area contributed by atoms with Gasteiger partial charge in [-0.05, 0) is 44.9 Å². The number of amides is 1. The Labute approximate surface area is 356 Å². The molecule has 9 heteroatoms. The van der Waals surface area contributed by atoms with E-state index >= 15 is 0 Å². The fourth-order valence-corrected chi connectivity index (χ4v) is 7.80. The lowest BCUT2D eigenvalue weighted by atomic mass is 9.99. The maximum Gasteiger partial charge on any atom is 0.220 e. The average Bonchev–Trinajstić information content (AvgIpc) is 3.22. The molecule has 342 valence electrons. The van der Waals surface area contributed by atoms with Gasteiger partial charge in [0.1, 0.15) is 24.4 Å². The Balaban J connectivity index is 2.28. The normalized spacial score (nSPS) is 21.0. The van der Waals surface area contributed by atoms with Gasteiger partial charge in [0.15, 0.2) is 6.29 Å². The van der Waals surface area contributed by atoms with Gasteiger partial charge in [0.25, 0.3) is 0 Å². The maximum atomic E-state index is 12.9. The van der Waals surface area contributed by atoms with E-state index in [0.717, 1.165) is 57.8 Å². The number of carbonyl (C=O) groups excluding carboxylic acids is 1. The van der Waals surface area contributed by atoms with E-state index in [9.17, 15) is 30.3 Å². The number of rotatable bonds is 41. The summed E-state index contributed by atoms with van der Waals surface area (Å²) in [5.41, 5.74) is 0. The van der Waals surface area contributed by atoms with Gasteiger partial charge in [-0.15, -0.1) is 0 Å². The number of unbranched alkanes of at least 4 members (excludes halogenated alkanes) is 29. The second kappa shape index (κ2) is 39.8. The summed E-state index contributed by atoms with van der Waals surface area (Å²) in [5.74, 6) is -0.186. The van der Waals surface area contributed by atoms with Crippen LogP contribution in [0.15, 0.2) is 24.3 Å². The Hall–Kier alpha value is -1.33. The number of carbonyl (C=O) groups is 1. The molecule has 1 rings (SSSR count). The molecule has 0 aromatic carbocycles. The van der Waals surface area contributed by atoms with Gasteiger partial charge in [0, 0.05) is 6.42 Å². The highest BCUT2D eigenvalue weighted by atomic mass is 16.7. The molecule has 1 saturated heterocycles. The monoisotopic (exact) mass is 824 g/mol. The Kier molecular flexibility index (Phi) is 37.5. The summed E-state index contributed by atoms with van der Waals surface area (Å²) in [4.78, 5) is 12.9. The van der Waals surface area contributed by atoms with Gasteiger partial charge in [-0.3, -0.25) is 4.79 Å². The molecule has 0 bridgehead atoms. The van der Waals surface area contributed by atoms with Crippen LogP contribution in [-0.4, -0.2) is 87.5 Å².